The van der Waals surface area contributed by atoms with E-state index in [1.165, 1.54) is 12.7 Å². The van der Waals surface area contributed by atoms with Crippen molar-refractivity contribution in [2.75, 3.05) is 25.1 Å². The summed E-state index contributed by atoms with van der Waals surface area (Å²) in [7, 11) is 1.23. The Morgan fingerprint density at radius 1 is 1.31 bits per heavy atom. The molecule has 0 amide bonds. The van der Waals surface area contributed by atoms with Gasteiger partial charge in [-0.15, -0.1) is 0 Å². The summed E-state index contributed by atoms with van der Waals surface area (Å²) in [6.45, 7) is 3.16. The maximum absolute atomic E-state index is 14.8. The minimum atomic E-state index is -1.53. The molecule has 1 heterocycles. The molecule has 1 unspecified atom stereocenters. The Morgan fingerprint density at radius 3 is 2.59 bits per heavy atom. The first-order valence-corrected chi connectivity index (χ1v) is 9.71. The maximum Gasteiger partial charge on any atom is 0.338 e. The molecule has 7 heteroatoms. The third kappa shape index (κ3) is 3.44. The van der Waals surface area contributed by atoms with Crippen molar-refractivity contribution in [3.05, 3.63) is 59.2 Å². The number of carboxylic acid groups (broad SMARTS) is 1. The number of methoxy groups -OCH3 is 1. The summed E-state index contributed by atoms with van der Waals surface area (Å²) >= 11 is 0. The van der Waals surface area contributed by atoms with Gasteiger partial charge in [-0.1, -0.05) is 30.3 Å². The number of benzene rings is 2. The van der Waals surface area contributed by atoms with E-state index in [1.807, 2.05) is 18.2 Å². The van der Waals surface area contributed by atoms with Crippen molar-refractivity contribution in [2.24, 2.45) is 5.41 Å². The number of nitrogens with zero attached hydrogens (tertiary/aromatic N) is 1. The molecule has 1 spiro atoms. The zero-order valence-electron chi connectivity index (χ0n) is 16.4. The maximum atomic E-state index is 14.8. The minimum Gasteiger partial charge on any atom is -0.491 e. The van der Waals surface area contributed by atoms with Gasteiger partial charge in [-0.2, -0.15) is 0 Å². The monoisotopic (exact) mass is 402 g/mol. The van der Waals surface area contributed by atoms with Gasteiger partial charge in [0.2, 0.25) is 0 Å². The molecule has 2 aliphatic rings. The van der Waals surface area contributed by atoms with E-state index in [2.05, 4.69) is 24.4 Å². The van der Waals surface area contributed by atoms with Gasteiger partial charge in [0.15, 0.2) is 17.4 Å². The largest absolute Gasteiger partial charge is 0.491 e. The van der Waals surface area contributed by atoms with E-state index in [9.17, 15) is 13.6 Å². The molecular weight excluding hydrogens is 378 g/mol. The van der Waals surface area contributed by atoms with Gasteiger partial charge in [-0.3, -0.25) is 0 Å². The van der Waals surface area contributed by atoms with Crippen LogP contribution in [0.3, 0.4) is 0 Å². The van der Waals surface area contributed by atoms with Crippen LogP contribution in [0.5, 0.6) is 5.75 Å². The molecule has 5 nitrogen and oxygen atoms in total. The SMILES string of the molecule is COc1c(F)c(C(=O)O)cc(F)c1N1CC(N[C@@H](C)c2ccccc2)C2(CC2)C1. The molecule has 0 aromatic heterocycles. The van der Waals surface area contributed by atoms with Crippen LogP contribution in [-0.2, 0) is 0 Å². The lowest BCUT2D eigenvalue weighted by Crippen LogP contribution is -2.39. The Bertz CT molecular complexity index is 931. The van der Waals surface area contributed by atoms with Crippen molar-refractivity contribution in [1.82, 2.24) is 5.32 Å². The fourth-order valence-electron chi connectivity index (χ4n) is 4.41. The van der Waals surface area contributed by atoms with E-state index in [-0.39, 0.29) is 28.9 Å². The number of carboxylic acids is 1. The average molecular weight is 402 g/mol. The van der Waals surface area contributed by atoms with Gasteiger partial charge in [0.05, 0.1) is 7.11 Å². The number of halogens is 2. The molecule has 154 valence electrons. The lowest BCUT2D eigenvalue weighted by Gasteiger charge is -2.25. The minimum absolute atomic E-state index is 0.00191. The van der Waals surface area contributed by atoms with Crippen molar-refractivity contribution >= 4 is 11.7 Å². The molecule has 2 N–H and O–H groups in total. The van der Waals surface area contributed by atoms with Gasteiger partial charge >= 0.3 is 5.97 Å². The lowest BCUT2D eigenvalue weighted by molar-refractivity contribution is 0.0690. The molecule has 29 heavy (non-hydrogen) atoms. The summed E-state index contributed by atoms with van der Waals surface area (Å²) in [5.41, 5.74) is 0.457. The second-order valence-electron chi connectivity index (χ2n) is 8.00. The molecule has 1 aliphatic carbocycles. The van der Waals surface area contributed by atoms with Gasteiger partial charge in [0, 0.05) is 30.6 Å². The number of hydrogen-bond donors (Lipinski definition) is 2. The fourth-order valence-corrected chi connectivity index (χ4v) is 4.41. The molecule has 1 aliphatic heterocycles. The summed E-state index contributed by atoms with van der Waals surface area (Å²) in [6, 6.07) is 11.1. The Hall–Kier alpha value is -2.67. The van der Waals surface area contributed by atoms with Crippen LogP contribution < -0.4 is 15.0 Å². The highest BCUT2D eigenvalue weighted by Gasteiger charge is 2.56. The molecule has 4 rings (SSSR count). The average Bonchev–Trinajstić information content (AvgIpc) is 3.40. The number of ether oxygens (including phenoxy) is 1. The van der Waals surface area contributed by atoms with E-state index in [0.29, 0.717) is 13.1 Å². The third-order valence-electron chi connectivity index (χ3n) is 6.19. The van der Waals surface area contributed by atoms with E-state index in [4.69, 9.17) is 9.84 Å². The van der Waals surface area contributed by atoms with E-state index < -0.39 is 23.2 Å². The molecule has 1 saturated heterocycles. The summed E-state index contributed by atoms with van der Waals surface area (Å²) in [4.78, 5) is 13.0. The Morgan fingerprint density at radius 2 is 2.00 bits per heavy atom. The number of rotatable bonds is 6. The normalized spacial score (nSPS) is 20.7. The summed E-state index contributed by atoms with van der Waals surface area (Å²) in [6.07, 6.45) is 2.03. The van der Waals surface area contributed by atoms with Gasteiger partial charge in [0.1, 0.15) is 11.3 Å². The molecule has 0 bridgehead atoms. The predicted octanol–water partition coefficient (Wildman–Crippen LogP) is 3.99. The molecule has 2 aromatic rings. The Kier molecular flexibility index (Phi) is 4.94. The topological polar surface area (TPSA) is 61.8 Å². The first-order chi connectivity index (χ1) is 13.9. The van der Waals surface area contributed by atoms with Gasteiger partial charge in [-0.25, -0.2) is 13.6 Å². The second-order valence-corrected chi connectivity index (χ2v) is 8.00. The van der Waals surface area contributed by atoms with Crippen LogP contribution in [0.4, 0.5) is 14.5 Å². The quantitative estimate of drug-likeness (QED) is 0.765. The first kappa shape index (κ1) is 19.6. The number of anilines is 1. The molecule has 2 fully saturated rings. The van der Waals surface area contributed by atoms with Crippen LogP contribution >= 0.6 is 0 Å². The second kappa shape index (κ2) is 7.30. The highest BCUT2D eigenvalue weighted by Crippen LogP contribution is 2.55. The lowest BCUT2D eigenvalue weighted by atomic mass is 9.98. The Balaban J connectivity index is 1.62. The van der Waals surface area contributed by atoms with Crippen LogP contribution in [0.15, 0.2) is 36.4 Å². The highest BCUT2D eigenvalue weighted by molar-refractivity contribution is 5.90. The number of aromatic carboxylic acids is 1. The molecular formula is C22H24F2N2O3. The van der Waals surface area contributed by atoms with Crippen molar-refractivity contribution < 1.29 is 23.4 Å². The zero-order chi connectivity index (χ0) is 20.8. The van der Waals surface area contributed by atoms with E-state index >= 15 is 0 Å². The number of hydrogen-bond acceptors (Lipinski definition) is 4. The standard InChI is InChI=1S/C22H24F2N2O3/c1-13(14-6-4-3-5-7-14)25-17-11-26(12-22(17)8-9-22)19-16(23)10-15(21(27)28)18(24)20(19)29-2/h3-7,10,13,17,25H,8-9,11-12H2,1-2H3,(H,27,28)/t13-,17?/m0/s1. The first-order valence-electron chi connectivity index (χ1n) is 9.71. The zero-order valence-corrected chi connectivity index (χ0v) is 16.4. The van der Waals surface area contributed by atoms with Gasteiger partial charge < -0.3 is 20.1 Å². The molecule has 0 radical (unpaired) electrons. The molecule has 2 aromatic carbocycles. The fraction of sp³-hybridized carbons (Fsp3) is 0.409. The van der Waals surface area contributed by atoms with Crippen molar-refractivity contribution in [1.29, 1.82) is 0 Å². The number of nitrogens with one attached hydrogen (secondary N) is 1. The van der Waals surface area contributed by atoms with Crippen LogP contribution in [-0.4, -0.2) is 37.3 Å². The summed E-state index contributed by atoms with van der Waals surface area (Å²) in [5, 5.41) is 12.8. The van der Waals surface area contributed by atoms with E-state index in [0.717, 1.165) is 18.9 Å². The summed E-state index contributed by atoms with van der Waals surface area (Å²) < 4.78 is 34.6. The highest BCUT2D eigenvalue weighted by atomic mass is 19.1. The smallest absolute Gasteiger partial charge is 0.338 e. The van der Waals surface area contributed by atoms with Crippen LogP contribution in [0.25, 0.3) is 0 Å². The third-order valence-corrected chi connectivity index (χ3v) is 6.19. The van der Waals surface area contributed by atoms with Crippen LogP contribution in [0.2, 0.25) is 0 Å². The van der Waals surface area contributed by atoms with Crippen molar-refractivity contribution in [3.8, 4) is 5.75 Å². The molecule has 2 atom stereocenters. The van der Waals surface area contributed by atoms with Crippen molar-refractivity contribution in [3.63, 3.8) is 0 Å². The predicted molar refractivity (Wildman–Crippen MR) is 106 cm³/mol. The van der Waals surface area contributed by atoms with Crippen LogP contribution in [0, 0.1) is 17.0 Å². The number of carbonyl (C=O) groups is 1. The van der Waals surface area contributed by atoms with Crippen LogP contribution in [0.1, 0.15) is 41.7 Å². The van der Waals surface area contributed by atoms with Gasteiger partial charge in [-0.05, 0) is 31.4 Å². The Labute approximate surface area is 168 Å². The summed E-state index contributed by atoms with van der Waals surface area (Å²) in [5.74, 6) is -3.71. The van der Waals surface area contributed by atoms with Gasteiger partial charge in [0.25, 0.3) is 0 Å². The molecule has 1 saturated carbocycles. The van der Waals surface area contributed by atoms with E-state index in [1.54, 1.807) is 4.90 Å². The van der Waals surface area contributed by atoms with Crippen molar-refractivity contribution in [2.45, 2.75) is 31.8 Å².